The van der Waals surface area contributed by atoms with E-state index >= 15 is 0 Å². The minimum absolute atomic E-state index is 0.122. The molecule has 2 aromatic carbocycles. The molecule has 0 saturated carbocycles. The molecule has 0 heterocycles. The Hall–Kier alpha value is -0.260. The molecule has 2 rings (SSSR count). The summed E-state index contributed by atoms with van der Waals surface area (Å²) in [5.74, 6) is -0.938. The molecule has 0 spiro atoms. The minimum atomic E-state index is -0.482. The fourth-order valence-corrected chi connectivity index (χ4v) is 3.83. The van der Waals surface area contributed by atoms with Crippen molar-refractivity contribution in [3.8, 4) is 0 Å². The molecule has 19 heavy (non-hydrogen) atoms. The second kappa shape index (κ2) is 6.02. The maximum atomic E-state index is 13.9. The molecule has 0 amide bonds. The summed E-state index contributed by atoms with van der Waals surface area (Å²) in [5, 5.41) is 0. The summed E-state index contributed by atoms with van der Waals surface area (Å²) in [5.41, 5.74) is 2.22. The van der Waals surface area contributed by atoms with Crippen LogP contribution in [0.1, 0.15) is 21.5 Å². The molecule has 0 saturated heterocycles. The highest BCUT2D eigenvalue weighted by Gasteiger charge is 2.19. The SMILES string of the molecule is Cc1ccc(C(Br)c2cc(F)c(Br)cc2F)c(Br)c1. The van der Waals surface area contributed by atoms with Crippen molar-refractivity contribution in [3.63, 3.8) is 0 Å². The zero-order valence-electron chi connectivity index (χ0n) is 9.85. The summed E-state index contributed by atoms with van der Waals surface area (Å²) in [7, 11) is 0. The molecule has 0 aliphatic heterocycles. The molecule has 0 bridgehead atoms. The first-order chi connectivity index (χ1) is 8.90. The third kappa shape index (κ3) is 3.26. The molecule has 0 N–H and O–H groups in total. The summed E-state index contributed by atoms with van der Waals surface area (Å²) in [6.45, 7) is 1.97. The van der Waals surface area contributed by atoms with Crippen LogP contribution < -0.4 is 0 Å². The van der Waals surface area contributed by atoms with E-state index in [0.717, 1.165) is 21.7 Å². The van der Waals surface area contributed by atoms with Crippen molar-refractivity contribution in [3.05, 3.63) is 67.6 Å². The Morgan fingerprint density at radius 3 is 2.21 bits per heavy atom. The molecule has 0 aliphatic rings. The largest absolute Gasteiger partial charge is 0.207 e. The predicted octanol–water partition coefficient (Wildman–Crippen LogP) is 6.28. The van der Waals surface area contributed by atoms with Gasteiger partial charge < -0.3 is 0 Å². The van der Waals surface area contributed by atoms with E-state index in [4.69, 9.17) is 0 Å². The van der Waals surface area contributed by atoms with Gasteiger partial charge in [-0.2, -0.15) is 0 Å². The van der Waals surface area contributed by atoms with Crippen LogP contribution in [0, 0.1) is 18.6 Å². The number of benzene rings is 2. The molecule has 0 fully saturated rings. The zero-order valence-corrected chi connectivity index (χ0v) is 14.6. The average molecular weight is 455 g/mol. The van der Waals surface area contributed by atoms with Crippen molar-refractivity contribution in [1.82, 2.24) is 0 Å². The zero-order chi connectivity index (χ0) is 14.2. The van der Waals surface area contributed by atoms with Gasteiger partial charge in [0.25, 0.3) is 0 Å². The van der Waals surface area contributed by atoms with Gasteiger partial charge in [-0.3, -0.25) is 0 Å². The van der Waals surface area contributed by atoms with E-state index in [1.807, 2.05) is 25.1 Å². The molecule has 100 valence electrons. The van der Waals surface area contributed by atoms with Gasteiger partial charge in [0.05, 0.1) is 9.30 Å². The van der Waals surface area contributed by atoms with E-state index in [1.165, 1.54) is 6.07 Å². The Morgan fingerprint density at radius 1 is 0.895 bits per heavy atom. The topological polar surface area (TPSA) is 0 Å². The summed E-state index contributed by atoms with van der Waals surface area (Å²) >= 11 is 9.84. The van der Waals surface area contributed by atoms with Crippen molar-refractivity contribution in [2.75, 3.05) is 0 Å². The van der Waals surface area contributed by atoms with Crippen molar-refractivity contribution in [2.45, 2.75) is 11.8 Å². The first-order valence-electron chi connectivity index (χ1n) is 5.44. The lowest BCUT2D eigenvalue weighted by Gasteiger charge is -2.14. The number of aryl methyl sites for hydroxylation is 1. The van der Waals surface area contributed by atoms with Crippen LogP contribution >= 0.6 is 47.8 Å². The van der Waals surface area contributed by atoms with Crippen LogP contribution in [-0.4, -0.2) is 0 Å². The number of hydrogen-bond acceptors (Lipinski definition) is 0. The molecule has 0 aromatic heterocycles. The van der Waals surface area contributed by atoms with E-state index in [-0.39, 0.29) is 10.0 Å². The van der Waals surface area contributed by atoms with Gasteiger partial charge in [0, 0.05) is 10.0 Å². The summed E-state index contributed by atoms with van der Waals surface area (Å²) in [6.07, 6.45) is 0. The Kier molecular flexibility index (Phi) is 4.79. The van der Waals surface area contributed by atoms with E-state index in [0.29, 0.717) is 0 Å². The van der Waals surface area contributed by atoms with Crippen LogP contribution in [0.25, 0.3) is 0 Å². The van der Waals surface area contributed by atoms with Gasteiger partial charge in [-0.15, -0.1) is 0 Å². The predicted molar refractivity (Wildman–Crippen MR) is 83.7 cm³/mol. The molecule has 1 atom stereocenters. The number of rotatable bonds is 2. The highest BCUT2D eigenvalue weighted by Crippen LogP contribution is 2.38. The van der Waals surface area contributed by atoms with Crippen molar-refractivity contribution >= 4 is 47.8 Å². The van der Waals surface area contributed by atoms with Gasteiger partial charge in [0.2, 0.25) is 0 Å². The Labute approximate surface area is 135 Å². The van der Waals surface area contributed by atoms with E-state index in [9.17, 15) is 8.78 Å². The molecular weight excluding hydrogens is 446 g/mol. The molecule has 0 radical (unpaired) electrons. The average Bonchev–Trinajstić information content (AvgIpc) is 2.33. The maximum Gasteiger partial charge on any atom is 0.137 e. The van der Waals surface area contributed by atoms with Crippen molar-refractivity contribution in [1.29, 1.82) is 0 Å². The van der Waals surface area contributed by atoms with Crippen LogP contribution in [-0.2, 0) is 0 Å². The lowest BCUT2D eigenvalue weighted by atomic mass is 10.0. The van der Waals surface area contributed by atoms with Gasteiger partial charge in [-0.1, -0.05) is 44.0 Å². The van der Waals surface area contributed by atoms with Gasteiger partial charge in [0.15, 0.2) is 0 Å². The lowest BCUT2D eigenvalue weighted by Crippen LogP contribution is -1.99. The maximum absolute atomic E-state index is 13.9. The van der Waals surface area contributed by atoms with Crippen LogP contribution in [0.3, 0.4) is 0 Å². The van der Waals surface area contributed by atoms with Gasteiger partial charge in [0.1, 0.15) is 11.6 Å². The summed E-state index contributed by atoms with van der Waals surface area (Å²) < 4.78 is 28.5. The van der Waals surface area contributed by atoms with Gasteiger partial charge in [-0.25, -0.2) is 8.78 Å². The van der Waals surface area contributed by atoms with Crippen molar-refractivity contribution < 1.29 is 8.78 Å². The fourth-order valence-electron chi connectivity index (χ4n) is 1.74. The van der Waals surface area contributed by atoms with E-state index in [2.05, 4.69) is 47.8 Å². The molecule has 0 nitrogen and oxygen atoms in total. The summed E-state index contributed by atoms with van der Waals surface area (Å²) in [6, 6.07) is 8.10. The standard InChI is InChI=1S/C14H9Br3F2/c1-7-2-3-8(10(15)4-7)14(17)9-5-13(19)11(16)6-12(9)18/h2-6,14H,1H3. The molecule has 5 heteroatoms. The minimum Gasteiger partial charge on any atom is -0.207 e. The Balaban J connectivity index is 2.49. The first kappa shape index (κ1) is 15.1. The third-order valence-corrected chi connectivity index (χ3v) is 5.02. The molecule has 0 aliphatic carbocycles. The van der Waals surface area contributed by atoms with E-state index < -0.39 is 16.5 Å². The molecule has 1 unspecified atom stereocenters. The Morgan fingerprint density at radius 2 is 1.58 bits per heavy atom. The second-order valence-electron chi connectivity index (χ2n) is 4.18. The quantitative estimate of drug-likeness (QED) is 0.370. The van der Waals surface area contributed by atoms with Crippen LogP contribution in [0.5, 0.6) is 0 Å². The third-order valence-electron chi connectivity index (χ3n) is 2.74. The summed E-state index contributed by atoms with van der Waals surface area (Å²) in [4.78, 5) is -0.412. The Bertz CT molecular complexity index is 626. The molecule has 2 aromatic rings. The smallest absolute Gasteiger partial charge is 0.137 e. The first-order valence-corrected chi connectivity index (χ1v) is 7.95. The monoisotopic (exact) mass is 452 g/mol. The molecular formula is C14H9Br3F2. The lowest BCUT2D eigenvalue weighted by molar-refractivity contribution is 0.583. The van der Waals surface area contributed by atoms with Gasteiger partial charge in [-0.05, 0) is 52.2 Å². The number of hydrogen-bond donors (Lipinski definition) is 0. The van der Waals surface area contributed by atoms with Crippen LogP contribution in [0.2, 0.25) is 0 Å². The fraction of sp³-hybridized carbons (Fsp3) is 0.143. The van der Waals surface area contributed by atoms with Crippen LogP contribution in [0.15, 0.2) is 39.3 Å². The highest BCUT2D eigenvalue weighted by atomic mass is 79.9. The normalized spacial score (nSPS) is 12.5. The van der Waals surface area contributed by atoms with Gasteiger partial charge >= 0.3 is 0 Å². The number of halogens is 5. The van der Waals surface area contributed by atoms with Crippen molar-refractivity contribution in [2.24, 2.45) is 0 Å². The van der Waals surface area contributed by atoms with E-state index in [1.54, 1.807) is 0 Å². The van der Waals surface area contributed by atoms with Crippen LogP contribution in [0.4, 0.5) is 8.78 Å². The second-order valence-corrected chi connectivity index (χ2v) is 6.80. The number of alkyl halides is 1. The highest BCUT2D eigenvalue weighted by molar-refractivity contribution is 9.11.